The molecule has 0 fully saturated rings. The number of hydrogen-bond donors (Lipinski definition) is 1. The van der Waals surface area contributed by atoms with Crippen LogP contribution in [0.2, 0.25) is 0 Å². The summed E-state index contributed by atoms with van der Waals surface area (Å²) in [6.45, 7) is 15.4. The molecule has 0 radical (unpaired) electrons. The van der Waals surface area contributed by atoms with Crippen molar-refractivity contribution in [1.82, 2.24) is 10.2 Å². The maximum absolute atomic E-state index is 13.7. The van der Waals surface area contributed by atoms with Gasteiger partial charge in [0, 0.05) is 30.1 Å². The van der Waals surface area contributed by atoms with Crippen molar-refractivity contribution in [3.8, 4) is 0 Å². The summed E-state index contributed by atoms with van der Waals surface area (Å²) in [5.41, 5.74) is 4.75. The van der Waals surface area contributed by atoms with Gasteiger partial charge in [-0.1, -0.05) is 88.0 Å². The fourth-order valence-electron chi connectivity index (χ4n) is 5.16. The largest absolute Gasteiger partial charge is 0.352 e. The highest BCUT2D eigenvalue weighted by Crippen LogP contribution is 2.42. The summed E-state index contributed by atoms with van der Waals surface area (Å²) in [4.78, 5) is 32.5. The molecule has 3 aromatic rings. The standard InChI is InChI=1S/C35H43N3O2S/c1-25(2)22-37(23-26(3)4)20-10-19-36-34(39)29-17-15-28(16-18-29)21-33-35(40)38(24-30-12-7-6-11-27(30)5)31-13-8-9-14-32(31)41-33/h6-9,11-18,21,25-26H,10,19-20,22-24H2,1-5H3,(H,36,39)/b33-21+. The second-order valence-electron chi connectivity index (χ2n) is 11.7. The molecule has 0 aromatic heterocycles. The third-order valence-corrected chi connectivity index (χ3v) is 8.15. The van der Waals surface area contributed by atoms with Crippen molar-refractivity contribution >= 4 is 35.3 Å². The quantitative estimate of drug-likeness (QED) is 0.182. The molecule has 0 saturated heterocycles. The lowest BCUT2D eigenvalue weighted by Crippen LogP contribution is -2.34. The number of rotatable bonds is 12. The molecule has 6 heteroatoms. The van der Waals surface area contributed by atoms with Gasteiger partial charge in [0.1, 0.15) is 0 Å². The maximum atomic E-state index is 13.7. The maximum Gasteiger partial charge on any atom is 0.265 e. The number of nitrogens with zero attached hydrogens (tertiary/aromatic N) is 2. The molecule has 1 N–H and O–H groups in total. The van der Waals surface area contributed by atoms with E-state index in [-0.39, 0.29) is 11.8 Å². The topological polar surface area (TPSA) is 52.7 Å². The third kappa shape index (κ3) is 8.57. The molecule has 2 amide bonds. The first kappa shape index (κ1) is 30.6. The van der Waals surface area contributed by atoms with Crippen molar-refractivity contribution in [1.29, 1.82) is 0 Å². The number of amides is 2. The van der Waals surface area contributed by atoms with Gasteiger partial charge in [0.25, 0.3) is 11.8 Å². The number of para-hydroxylation sites is 1. The molecule has 0 spiro atoms. The van der Waals surface area contributed by atoms with Crippen LogP contribution < -0.4 is 10.2 Å². The molecule has 5 nitrogen and oxygen atoms in total. The highest BCUT2D eigenvalue weighted by molar-refractivity contribution is 8.04. The lowest BCUT2D eigenvalue weighted by Gasteiger charge is -2.31. The van der Waals surface area contributed by atoms with Crippen molar-refractivity contribution in [3.63, 3.8) is 0 Å². The monoisotopic (exact) mass is 569 g/mol. The number of aryl methyl sites for hydroxylation is 1. The molecule has 0 unspecified atom stereocenters. The van der Waals surface area contributed by atoms with Crippen molar-refractivity contribution in [2.24, 2.45) is 11.8 Å². The molecule has 1 aliphatic heterocycles. The zero-order chi connectivity index (χ0) is 29.4. The van der Waals surface area contributed by atoms with Crippen LogP contribution in [-0.2, 0) is 11.3 Å². The van der Waals surface area contributed by atoms with Crippen LogP contribution in [-0.4, -0.2) is 42.9 Å². The Morgan fingerprint density at radius 1 is 0.927 bits per heavy atom. The highest BCUT2D eigenvalue weighted by Gasteiger charge is 2.29. The summed E-state index contributed by atoms with van der Waals surface area (Å²) in [5, 5.41) is 3.07. The predicted octanol–water partition coefficient (Wildman–Crippen LogP) is 7.41. The zero-order valence-corrected chi connectivity index (χ0v) is 25.8. The van der Waals surface area contributed by atoms with Crippen LogP contribution in [0.3, 0.4) is 0 Å². The van der Waals surface area contributed by atoms with Crippen LogP contribution >= 0.6 is 11.8 Å². The molecular weight excluding hydrogens is 526 g/mol. The average molecular weight is 570 g/mol. The number of benzene rings is 3. The smallest absolute Gasteiger partial charge is 0.265 e. The average Bonchev–Trinajstić information content (AvgIpc) is 2.94. The number of thioether (sulfide) groups is 1. The van der Waals surface area contributed by atoms with Gasteiger partial charge in [-0.15, -0.1) is 0 Å². The van der Waals surface area contributed by atoms with Crippen molar-refractivity contribution in [3.05, 3.63) is 100.0 Å². The summed E-state index contributed by atoms with van der Waals surface area (Å²) in [6, 6.07) is 23.7. The van der Waals surface area contributed by atoms with Crippen molar-refractivity contribution < 1.29 is 9.59 Å². The molecule has 0 atom stereocenters. The van der Waals surface area contributed by atoms with Gasteiger partial charge in [0.2, 0.25) is 0 Å². The first-order chi connectivity index (χ1) is 19.7. The highest BCUT2D eigenvalue weighted by atomic mass is 32.2. The Morgan fingerprint density at radius 2 is 1.59 bits per heavy atom. The Labute approximate surface area is 250 Å². The van der Waals surface area contributed by atoms with E-state index in [2.05, 4.69) is 63.0 Å². The summed E-state index contributed by atoms with van der Waals surface area (Å²) in [5.74, 6) is 1.18. The predicted molar refractivity (Wildman–Crippen MR) is 172 cm³/mol. The van der Waals surface area contributed by atoms with Gasteiger partial charge in [-0.3, -0.25) is 9.59 Å². The first-order valence-corrected chi connectivity index (χ1v) is 15.5. The van der Waals surface area contributed by atoms with Gasteiger partial charge in [-0.05, 0) is 78.8 Å². The molecule has 1 aliphatic rings. The number of carbonyl (C=O) groups excluding carboxylic acids is 2. The molecular formula is C35H43N3O2S. The van der Waals surface area contributed by atoms with E-state index < -0.39 is 0 Å². The van der Waals surface area contributed by atoms with Gasteiger partial charge in [0.15, 0.2) is 0 Å². The normalized spacial score (nSPS) is 14.3. The van der Waals surface area contributed by atoms with Gasteiger partial charge in [-0.25, -0.2) is 0 Å². The Morgan fingerprint density at radius 3 is 2.27 bits per heavy atom. The van der Waals surface area contributed by atoms with E-state index in [0.29, 0.717) is 35.4 Å². The minimum atomic E-state index is -0.0649. The lowest BCUT2D eigenvalue weighted by molar-refractivity contribution is -0.114. The second-order valence-corrected chi connectivity index (χ2v) is 12.8. The minimum absolute atomic E-state index is 0.0113. The number of carbonyl (C=O) groups is 2. The Balaban J connectivity index is 1.40. The molecule has 1 heterocycles. The molecule has 4 rings (SSSR count). The minimum Gasteiger partial charge on any atom is -0.352 e. The third-order valence-electron chi connectivity index (χ3n) is 7.08. The Kier molecular flexibility index (Phi) is 10.8. The van der Waals surface area contributed by atoms with Gasteiger partial charge in [-0.2, -0.15) is 0 Å². The molecule has 41 heavy (non-hydrogen) atoms. The van der Waals surface area contributed by atoms with Gasteiger partial charge in [0.05, 0.1) is 17.1 Å². The Hall–Kier alpha value is -3.35. The summed E-state index contributed by atoms with van der Waals surface area (Å²) in [7, 11) is 0. The van der Waals surface area contributed by atoms with Crippen LogP contribution in [0.1, 0.15) is 61.2 Å². The van der Waals surface area contributed by atoms with E-state index in [4.69, 9.17) is 0 Å². The van der Waals surface area contributed by atoms with E-state index >= 15 is 0 Å². The van der Waals surface area contributed by atoms with E-state index in [0.717, 1.165) is 47.8 Å². The number of nitrogens with one attached hydrogen (secondary N) is 1. The van der Waals surface area contributed by atoms with Crippen LogP contribution in [0.5, 0.6) is 0 Å². The molecule has 216 valence electrons. The fraction of sp³-hybridized carbons (Fsp3) is 0.371. The molecule has 3 aromatic carbocycles. The molecule has 0 saturated carbocycles. The molecule has 0 aliphatic carbocycles. The van der Waals surface area contributed by atoms with Gasteiger partial charge < -0.3 is 15.1 Å². The van der Waals surface area contributed by atoms with Crippen LogP contribution in [0.25, 0.3) is 6.08 Å². The van der Waals surface area contributed by atoms with E-state index in [1.165, 1.54) is 17.3 Å². The zero-order valence-electron chi connectivity index (χ0n) is 25.0. The summed E-state index contributed by atoms with van der Waals surface area (Å²) >= 11 is 1.50. The van der Waals surface area contributed by atoms with Crippen LogP contribution in [0, 0.1) is 18.8 Å². The summed E-state index contributed by atoms with van der Waals surface area (Å²) in [6.07, 6.45) is 2.85. The fourth-order valence-corrected chi connectivity index (χ4v) is 6.21. The van der Waals surface area contributed by atoms with Crippen LogP contribution in [0.4, 0.5) is 5.69 Å². The van der Waals surface area contributed by atoms with Gasteiger partial charge >= 0.3 is 0 Å². The van der Waals surface area contributed by atoms with Crippen LogP contribution in [0.15, 0.2) is 82.6 Å². The van der Waals surface area contributed by atoms with Crippen molar-refractivity contribution in [2.75, 3.05) is 31.1 Å². The van der Waals surface area contributed by atoms with E-state index in [1.54, 1.807) is 0 Å². The second kappa shape index (κ2) is 14.5. The number of anilines is 1. The summed E-state index contributed by atoms with van der Waals surface area (Å²) < 4.78 is 0. The van der Waals surface area contributed by atoms with Crippen molar-refractivity contribution in [2.45, 2.75) is 52.5 Å². The Bertz CT molecular complexity index is 1350. The SMILES string of the molecule is Cc1ccccc1CN1C(=O)/C(=C\c2ccc(C(=O)NCCCN(CC(C)C)CC(C)C)cc2)Sc2ccccc21. The number of hydrogen-bond acceptors (Lipinski definition) is 4. The van der Waals surface area contributed by atoms with E-state index in [9.17, 15) is 9.59 Å². The lowest BCUT2D eigenvalue weighted by atomic mass is 10.1. The first-order valence-electron chi connectivity index (χ1n) is 14.7. The number of fused-ring (bicyclic) bond motifs is 1. The molecule has 0 bridgehead atoms. The van der Waals surface area contributed by atoms with E-state index in [1.807, 2.05) is 65.6 Å².